The summed E-state index contributed by atoms with van der Waals surface area (Å²) in [5, 5.41) is 3.28. The number of rotatable bonds is 6. The molecule has 114 valence electrons. The number of benzene rings is 1. The van der Waals surface area contributed by atoms with Crippen molar-refractivity contribution in [3.05, 3.63) is 33.8 Å². The first kappa shape index (κ1) is 17.5. The van der Waals surface area contributed by atoms with Gasteiger partial charge in [0.05, 0.1) is 5.56 Å². The van der Waals surface area contributed by atoms with Crippen LogP contribution in [-0.2, 0) is 6.18 Å². The molecule has 0 aromatic heterocycles. The minimum atomic E-state index is -4.30. The van der Waals surface area contributed by atoms with Crippen LogP contribution in [-0.4, -0.2) is 6.54 Å². The molecule has 20 heavy (non-hydrogen) atoms. The van der Waals surface area contributed by atoms with Gasteiger partial charge >= 0.3 is 6.18 Å². The second-order valence-electron chi connectivity index (χ2n) is 5.32. The third-order valence-corrected chi connectivity index (χ3v) is 3.90. The normalized spacial score (nSPS) is 13.8. The van der Waals surface area contributed by atoms with E-state index in [1.807, 2.05) is 6.92 Å². The van der Waals surface area contributed by atoms with E-state index < -0.39 is 11.7 Å². The van der Waals surface area contributed by atoms with Gasteiger partial charge in [-0.25, -0.2) is 0 Å². The van der Waals surface area contributed by atoms with Crippen LogP contribution in [0.5, 0.6) is 0 Å². The summed E-state index contributed by atoms with van der Waals surface area (Å²) in [6.07, 6.45) is -2.50. The largest absolute Gasteiger partial charge is 0.416 e. The summed E-state index contributed by atoms with van der Waals surface area (Å²) in [5.74, 6) is 0.528. The minimum absolute atomic E-state index is 0.0564. The smallest absolute Gasteiger partial charge is 0.310 e. The standard InChI is InChI=1S/C15H21BrF3N/c1-4-20-14(8-5-10(2)3)12-9-11(15(17,18)19)6-7-13(12)16/h6-7,9-10,14,20H,4-5,8H2,1-3H3. The second-order valence-corrected chi connectivity index (χ2v) is 6.17. The van der Waals surface area contributed by atoms with Crippen LogP contribution in [0.25, 0.3) is 0 Å². The summed E-state index contributed by atoms with van der Waals surface area (Å²) < 4.78 is 39.2. The zero-order valence-electron chi connectivity index (χ0n) is 12.0. The fourth-order valence-corrected chi connectivity index (χ4v) is 2.62. The van der Waals surface area contributed by atoms with Gasteiger partial charge in [0.15, 0.2) is 0 Å². The monoisotopic (exact) mass is 351 g/mol. The lowest BCUT2D eigenvalue weighted by molar-refractivity contribution is -0.137. The molecule has 5 heteroatoms. The lowest BCUT2D eigenvalue weighted by Gasteiger charge is -2.22. The first-order valence-corrected chi connectivity index (χ1v) is 7.65. The van der Waals surface area contributed by atoms with Gasteiger partial charge in [0.1, 0.15) is 0 Å². The maximum absolute atomic E-state index is 12.8. The lowest BCUT2D eigenvalue weighted by atomic mass is 9.96. The van der Waals surface area contributed by atoms with Gasteiger partial charge in [0.25, 0.3) is 0 Å². The van der Waals surface area contributed by atoms with E-state index in [2.05, 4.69) is 35.1 Å². The van der Waals surface area contributed by atoms with Crippen LogP contribution in [0.2, 0.25) is 0 Å². The third kappa shape index (κ3) is 5.09. The van der Waals surface area contributed by atoms with Gasteiger partial charge in [-0.15, -0.1) is 0 Å². The van der Waals surface area contributed by atoms with Crippen LogP contribution in [0.3, 0.4) is 0 Å². The predicted molar refractivity (Wildman–Crippen MR) is 79.6 cm³/mol. The Hall–Kier alpha value is -0.550. The van der Waals surface area contributed by atoms with Gasteiger partial charge in [0, 0.05) is 10.5 Å². The molecule has 0 spiro atoms. The summed E-state index contributed by atoms with van der Waals surface area (Å²) in [7, 11) is 0. The van der Waals surface area contributed by atoms with Crippen molar-refractivity contribution in [2.75, 3.05) is 6.54 Å². The number of alkyl halides is 3. The molecule has 0 aliphatic carbocycles. The molecule has 1 atom stereocenters. The van der Waals surface area contributed by atoms with Gasteiger partial charge in [-0.3, -0.25) is 0 Å². The van der Waals surface area contributed by atoms with Crippen LogP contribution in [0.4, 0.5) is 13.2 Å². The molecule has 0 heterocycles. The molecule has 1 aromatic carbocycles. The highest BCUT2D eigenvalue weighted by Crippen LogP contribution is 2.35. The number of hydrogen-bond acceptors (Lipinski definition) is 1. The number of nitrogens with one attached hydrogen (secondary N) is 1. The lowest BCUT2D eigenvalue weighted by Crippen LogP contribution is -2.22. The summed E-state index contributed by atoms with van der Waals surface area (Å²) in [6, 6.07) is 3.79. The Kier molecular flexibility index (Phi) is 6.52. The van der Waals surface area contributed by atoms with E-state index in [0.29, 0.717) is 11.5 Å². The van der Waals surface area contributed by atoms with Crippen molar-refractivity contribution in [2.45, 2.75) is 45.8 Å². The zero-order chi connectivity index (χ0) is 15.3. The Balaban J connectivity index is 3.05. The van der Waals surface area contributed by atoms with E-state index in [-0.39, 0.29) is 6.04 Å². The molecule has 0 saturated heterocycles. The van der Waals surface area contributed by atoms with Crippen LogP contribution in [0.1, 0.15) is 50.8 Å². The van der Waals surface area contributed by atoms with Gasteiger partial charge in [-0.05, 0) is 49.1 Å². The molecule has 0 amide bonds. The average molecular weight is 352 g/mol. The highest BCUT2D eigenvalue weighted by molar-refractivity contribution is 9.10. The van der Waals surface area contributed by atoms with E-state index in [0.717, 1.165) is 29.9 Å². The Morgan fingerprint density at radius 2 is 1.85 bits per heavy atom. The topological polar surface area (TPSA) is 12.0 Å². The average Bonchev–Trinajstić information content (AvgIpc) is 2.33. The molecule has 0 aliphatic heterocycles. The quantitative estimate of drug-likeness (QED) is 0.707. The molecular weight excluding hydrogens is 331 g/mol. The van der Waals surface area contributed by atoms with Crippen LogP contribution in [0, 0.1) is 5.92 Å². The first-order valence-electron chi connectivity index (χ1n) is 6.85. The molecule has 1 aromatic rings. The Morgan fingerprint density at radius 1 is 1.20 bits per heavy atom. The van der Waals surface area contributed by atoms with Gasteiger partial charge in [0.2, 0.25) is 0 Å². The van der Waals surface area contributed by atoms with Crippen molar-refractivity contribution in [3.8, 4) is 0 Å². The summed E-state index contributed by atoms with van der Waals surface area (Å²) >= 11 is 3.37. The molecule has 0 fully saturated rings. The van der Waals surface area contributed by atoms with E-state index in [9.17, 15) is 13.2 Å². The maximum atomic E-state index is 12.8. The fraction of sp³-hybridized carbons (Fsp3) is 0.600. The Bertz CT molecular complexity index is 430. The molecule has 0 radical (unpaired) electrons. The SMILES string of the molecule is CCNC(CCC(C)C)c1cc(C(F)(F)F)ccc1Br. The summed E-state index contributed by atoms with van der Waals surface area (Å²) in [5.41, 5.74) is 0.0884. The van der Waals surface area contributed by atoms with Crippen molar-refractivity contribution < 1.29 is 13.2 Å². The molecule has 1 rings (SSSR count). The Labute approximate surface area is 127 Å². The highest BCUT2D eigenvalue weighted by atomic mass is 79.9. The Morgan fingerprint density at radius 3 is 2.35 bits per heavy atom. The van der Waals surface area contributed by atoms with Crippen LogP contribution >= 0.6 is 15.9 Å². The fourth-order valence-electron chi connectivity index (χ4n) is 2.10. The summed E-state index contributed by atoms with van der Waals surface area (Å²) in [6.45, 7) is 6.92. The molecule has 0 aliphatic rings. The van der Waals surface area contributed by atoms with E-state index >= 15 is 0 Å². The predicted octanol–water partition coefficient (Wildman–Crippen LogP) is 5.55. The van der Waals surface area contributed by atoms with E-state index in [1.54, 1.807) is 0 Å². The van der Waals surface area contributed by atoms with Crippen molar-refractivity contribution >= 4 is 15.9 Å². The van der Waals surface area contributed by atoms with Crippen LogP contribution < -0.4 is 5.32 Å². The van der Waals surface area contributed by atoms with Gasteiger partial charge < -0.3 is 5.32 Å². The molecule has 1 unspecified atom stereocenters. The maximum Gasteiger partial charge on any atom is 0.416 e. The number of halogens is 4. The van der Waals surface area contributed by atoms with Crippen LogP contribution in [0.15, 0.2) is 22.7 Å². The molecule has 1 N–H and O–H groups in total. The van der Waals surface area contributed by atoms with Gasteiger partial charge in [-0.1, -0.05) is 36.7 Å². The van der Waals surface area contributed by atoms with E-state index in [1.165, 1.54) is 12.1 Å². The minimum Gasteiger partial charge on any atom is -0.310 e. The number of hydrogen-bond donors (Lipinski definition) is 1. The van der Waals surface area contributed by atoms with Gasteiger partial charge in [-0.2, -0.15) is 13.2 Å². The molecule has 0 bridgehead atoms. The first-order chi connectivity index (χ1) is 9.25. The van der Waals surface area contributed by atoms with Crippen molar-refractivity contribution in [1.29, 1.82) is 0 Å². The van der Waals surface area contributed by atoms with E-state index in [4.69, 9.17) is 0 Å². The summed E-state index contributed by atoms with van der Waals surface area (Å²) in [4.78, 5) is 0. The zero-order valence-corrected chi connectivity index (χ0v) is 13.6. The molecule has 0 saturated carbocycles. The molecule has 1 nitrogen and oxygen atoms in total. The second kappa shape index (κ2) is 7.46. The third-order valence-electron chi connectivity index (χ3n) is 3.18. The van der Waals surface area contributed by atoms with Crippen molar-refractivity contribution in [3.63, 3.8) is 0 Å². The highest BCUT2D eigenvalue weighted by Gasteiger charge is 2.31. The molecular formula is C15H21BrF3N. The van der Waals surface area contributed by atoms with Crippen molar-refractivity contribution in [1.82, 2.24) is 5.32 Å². The van der Waals surface area contributed by atoms with Crippen molar-refractivity contribution in [2.24, 2.45) is 5.92 Å².